The molecule has 0 radical (unpaired) electrons. The van der Waals surface area contributed by atoms with Crippen molar-refractivity contribution in [1.82, 2.24) is 10.3 Å². The van der Waals surface area contributed by atoms with Gasteiger partial charge in [-0.15, -0.1) is 11.3 Å². The number of aryl methyl sites for hydroxylation is 1. The molecule has 0 spiro atoms. The Morgan fingerprint density at radius 1 is 1.38 bits per heavy atom. The third-order valence-corrected chi connectivity index (χ3v) is 5.75. The number of halogens is 1. The van der Waals surface area contributed by atoms with Crippen molar-refractivity contribution >= 4 is 27.3 Å². The van der Waals surface area contributed by atoms with Gasteiger partial charge in [-0.3, -0.25) is 0 Å². The molecule has 1 N–H and O–H groups in total. The van der Waals surface area contributed by atoms with Crippen molar-refractivity contribution < 1.29 is 9.47 Å². The first-order valence-electron chi connectivity index (χ1n) is 7.02. The molecular formula is C15H15BrN2O2S. The summed E-state index contributed by atoms with van der Waals surface area (Å²) in [6.45, 7) is 0.285. The predicted molar refractivity (Wildman–Crippen MR) is 86.1 cm³/mol. The lowest BCUT2D eigenvalue weighted by Crippen LogP contribution is -2.21. The zero-order valence-corrected chi connectivity index (χ0v) is 14.0. The van der Waals surface area contributed by atoms with Gasteiger partial charge < -0.3 is 14.8 Å². The van der Waals surface area contributed by atoms with Crippen LogP contribution in [0.1, 0.15) is 29.5 Å². The Morgan fingerprint density at radius 3 is 3.14 bits per heavy atom. The van der Waals surface area contributed by atoms with E-state index in [1.54, 1.807) is 11.3 Å². The summed E-state index contributed by atoms with van der Waals surface area (Å²) in [7, 11) is 2.01. The summed E-state index contributed by atoms with van der Waals surface area (Å²) in [6.07, 6.45) is 3.53. The number of nitrogens with zero attached hydrogens (tertiary/aromatic N) is 1. The molecule has 1 aromatic carbocycles. The molecule has 0 saturated carbocycles. The third-order valence-electron chi connectivity index (χ3n) is 3.98. The number of rotatable bonds is 2. The number of fused-ring (bicyclic) bond motifs is 2. The van der Waals surface area contributed by atoms with E-state index < -0.39 is 0 Å². The molecule has 1 aliphatic heterocycles. The second kappa shape index (κ2) is 5.26. The second-order valence-corrected chi connectivity index (χ2v) is 7.19. The summed E-state index contributed by atoms with van der Waals surface area (Å²) < 4.78 is 11.9. The first kappa shape index (κ1) is 13.5. The van der Waals surface area contributed by atoms with Gasteiger partial charge in [0.25, 0.3) is 0 Å². The molecule has 2 aromatic rings. The van der Waals surface area contributed by atoms with E-state index >= 15 is 0 Å². The largest absolute Gasteiger partial charge is 0.454 e. The number of benzene rings is 1. The lowest BCUT2D eigenvalue weighted by Gasteiger charge is -2.19. The van der Waals surface area contributed by atoms with Crippen LogP contribution in [0.4, 0.5) is 0 Å². The van der Waals surface area contributed by atoms with Crippen molar-refractivity contribution in [1.29, 1.82) is 0 Å². The smallest absolute Gasteiger partial charge is 0.231 e. The molecule has 1 atom stereocenters. The molecular weight excluding hydrogens is 352 g/mol. The lowest BCUT2D eigenvalue weighted by molar-refractivity contribution is 0.173. The van der Waals surface area contributed by atoms with Crippen LogP contribution in [-0.2, 0) is 6.42 Å². The fraction of sp³-hybridized carbons (Fsp3) is 0.400. The standard InChI is InChI=1S/C15H15BrN2O2S/c1-17-10-3-2-4-12-13(10)18-15(21-12)8-5-9(16)14-11(6-8)19-7-20-14/h5-6,10,17H,2-4,7H2,1H3. The number of hydrogen-bond acceptors (Lipinski definition) is 5. The monoisotopic (exact) mass is 366 g/mol. The SMILES string of the molecule is CNC1CCCc2sc(-c3cc(Br)c4c(c3)OCO4)nc21. The number of thiazole rings is 1. The highest BCUT2D eigenvalue weighted by Gasteiger charge is 2.25. The van der Waals surface area contributed by atoms with Crippen LogP contribution < -0.4 is 14.8 Å². The van der Waals surface area contributed by atoms with E-state index in [0.717, 1.165) is 39.4 Å². The fourth-order valence-corrected chi connectivity index (χ4v) is 4.62. The van der Waals surface area contributed by atoms with Crippen molar-refractivity contribution in [3.05, 3.63) is 27.2 Å². The molecule has 4 nitrogen and oxygen atoms in total. The van der Waals surface area contributed by atoms with Gasteiger partial charge >= 0.3 is 0 Å². The van der Waals surface area contributed by atoms with Gasteiger partial charge in [-0.25, -0.2) is 4.98 Å². The van der Waals surface area contributed by atoms with Crippen molar-refractivity contribution in [2.24, 2.45) is 0 Å². The first-order chi connectivity index (χ1) is 10.3. The Kier molecular flexibility index (Phi) is 3.40. The van der Waals surface area contributed by atoms with Crippen LogP contribution in [0.15, 0.2) is 16.6 Å². The molecule has 2 aliphatic rings. The highest BCUT2D eigenvalue weighted by molar-refractivity contribution is 9.10. The fourth-order valence-electron chi connectivity index (χ4n) is 2.91. The van der Waals surface area contributed by atoms with Crippen molar-refractivity contribution in [2.45, 2.75) is 25.3 Å². The molecule has 1 aromatic heterocycles. The molecule has 4 rings (SSSR count). The maximum atomic E-state index is 5.50. The number of aromatic nitrogens is 1. The van der Waals surface area contributed by atoms with E-state index in [1.807, 2.05) is 13.1 Å². The van der Waals surface area contributed by atoms with E-state index in [2.05, 4.69) is 27.3 Å². The molecule has 6 heteroatoms. The molecule has 0 fully saturated rings. The average molecular weight is 367 g/mol. The normalized spacial score (nSPS) is 19.6. The molecule has 21 heavy (non-hydrogen) atoms. The van der Waals surface area contributed by atoms with Gasteiger partial charge in [-0.1, -0.05) is 0 Å². The summed E-state index contributed by atoms with van der Waals surface area (Å²) in [4.78, 5) is 6.29. The maximum Gasteiger partial charge on any atom is 0.231 e. The minimum atomic E-state index is 0.285. The number of ether oxygens (including phenoxy) is 2. The molecule has 0 bridgehead atoms. The van der Waals surface area contributed by atoms with Gasteiger partial charge in [0.2, 0.25) is 6.79 Å². The molecule has 2 heterocycles. The second-order valence-electron chi connectivity index (χ2n) is 5.25. The molecule has 0 saturated heterocycles. The van der Waals surface area contributed by atoms with Crippen LogP contribution in [0, 0.1) is 0 Å². The van der Waals surface area contributed by atoms with Gasteiger partial charge in [0, 0.05) is 10.4 Å². The Hall–Kier alpha value is -1.11. The first-order valence-corrected chi connectivity index (χ1v) is 8.63. The topological polar surface area (TPSA) is 43.4 Å². The van der Waals surface area contributed by atoms with Crippen LogP contribution in [0.3, 0.4) is 0 Å². The van der Waals surface area contributed by atoms with Crippen LogP contribution in [-0.4, -0.2) is 18.8 Å². The zero-order valence-electron chi connectivity index (χ0n) is 11.6. The van der Waals surface area contributed by atoms with Crippen molar-refractivity contribution in [3.63, 3.8) is 0 Å². The van der Waals surface area contributed by atoms with Crippen LogP contribution in [0.5, 0.6) is 11.5 Å². The van der Waals surface area contributed by atoms with Gasteiger partial charge in [0.05, 0.1) is 16.2 Å². The van der Waals surface area contributed by atoms with Gasteiger partial charge in [-0.05, 0) is 54.4 Å². The van der Waals surface area contributed by atoms with Crippen molar-refractivity contribution in [3.8, 4) is 22.1 Å². The van der Waals surface area contributed by atoms with Crippen LogP contribution >= 0.6 is 27.3 Å². The highest BCUT2D eigenvalue weighted by atomic mass is 79.9. The maximum absolute atomic E-state index is 5.50. The molecule has 1 aliphatic carbocycles. The Balaban J connectivity index is 1.78. The van der Waals surface area contributed by atoms with Gasteiger partial charge in [0.15, 0.2) is 11.5 Å². The molecule has 0 amide bonds. The van der Waals surface area contributed by atoms with E-state index in [9.17, 15) is 0 Å². The summed E-state index contributed by atoms with van der Waals surface area (Å²) >= 11 is 5.35. The van der Waals surface area contributed by atoms with E-state index in [1.165, 1.54) is 17.0 Å². The Morgan fingerprint density at radius 2 is 2.29 bits per heavy atom. The number of nitrogens with one attached hydrogen (secondary N) is 1. The Labute approximate surface area is 135 Å². The summed E-state index contributed by atoms with van der Waals surface area (Å²) in [5.41, 5.74) is 2.30. The zero-order chi connectivity index (χ0) is 14.4. The van der Waals surface area contributed by atoms with Crippen molar-refractivity contribution in [2.75, 3.05) is 13.8 Å². The van der Waals surface area contributed by atoms with E-state index in [4.69, 9.17) is 14.5 Å². The van der Waals surface area contributed by atoms with Gasteiger partial charge in [-0.2, -0.15) is 0 Å². The minimum absolute atomic E-state index is 0.285. The average Bonchev–Trinajstić information content (AvgIpc) is 3.12. The van der Waals surface area contributed by atoms with E-state index in [0.29, 0.717) is 6.04 Å². The number of hydrogen-bond donors (Lipinski definition) is 1. The summed E-state index contributed by atoms with van der Waals surface area (Å²) in [5.74, 6) is 1.57. The quantitative estimate of drug-likeness (QED) is 0.875. The predicted octanol–water partition coefficient (Wildman–Crippen LogP) is 3.90. The summed E-state index contributed by atoms with van der Waals surface area (Å²) in [5, 5.41) is 4.42. The Bertz CT molecular complexity index is 701. The highest BCUT2D eigenvalue weighted by Crippen LogP contribution is 2.44. The third kappa shape index (κ3) is 2.25. The van der Waals surface area contributed by atoms with Gasteiger partial charge in [0.1, 0.15) is 5.01 Å². The minimum Gasteiger partial charge on any atom is -0.454 e. The van der Waals surface area contributed by atoms with E-state index in [-0.39, 0.29) is 6.79 Å². The van der Waals surface area contributed by atoms with Crippen LogP contribution in [0.25, 0.3) is 10.6 Å². The molecule has 1 unspecified atom stereocenters. The lowest BCUT2D eigenvalue weighted by atomic mass is 9.98. The van der Waals surface area contributed by atoms with Crippen LogP contribution in [0.2, 0.25) is 0 Å². The molecule has 110 valence electrons. The summed E-state index contributed by atoms with van der Waals surface area (Å²) in [6, 6.07) is 4.47.